The van der Waals surface area contributed by atoms with Crippen LogP contribution in [0.5, 0.6) is 34.5 Å². The van der Waals surface area contributed by atoms with E-state index in [9.17, 15) is 0 Å². The summed E-state index contributed by atoms with van der Waals surface area (Å²) in [4.78, 5) is 0. The maximum Gasteiger partial charge on any atom is 0.231 e. The van der Waals surface area contributed by atoms with Gasteiger partial charge in [0.2, 0.25) is 12.5 Å². The number of benzene rings is 4. The van der Waals surface area contributed by atoms with Crippen LogP contribution < -0.4 is 39.6 Å². The summed E-state index contributed by atoms with van der Waals surface area (Å²) in [6, 6.07) is 19.7. The fraction of sp³-hybridized carbons (Fsp3) is 0.442. The molecule has 0 saturated heterocycles. The first-order valence-electron chi connectivity index (χ1n) is 17.5. The van der Waals surface area contributed by atoms with E-state index in [0.717, 1.165) is 33.8 Å². The molecule has 0 radical (unpaired) electrons. The summed E-state index contributed by atoms with van der Waals surface area (Å²) in [5.74, 6) is 3.59. The molecule has 1 aliphatic heterocycles. The van der Waals surface area contributed by atoms with Crippen LogP contribution >= 0.6 is 23.1 Å². The molecule has 5 rings (SSSR count). The van der Waals surface area contributed by atoms with Gasteiger partial charge in [0.05, 0.1) is 18.7 Å². The molecule has 0 fully saturated rings. The second kappa shape index (κ2) is 13.5. The maximum atomic E-state index is 17.1. The van der Waals surface area contributed by atoms with Crippen molar-refractivity contribution in [2.45, 2.75) is 105 Å². The number of halogens is 1. The number of para-hydroxylation sites is 1. The molecule has 1 heterocycles. The largest absolute Gasteiger partial charge is 0.496 e. The smallest absolute Gasteiger partial charge is 0.231 e. The first-order chi connectivity index (χ1) is 23.5. The van der Waals surface area contributed by atoms with E-state index < -0.39 is 7.14 Å². The van der Waals surface area contributed by atoms with Crippen LogP contribution in [0.4, 0.5) is 0 Å². The molecule has 0 amide bonds. The summed E-state index contributed by atoms with van der Waals surface area (Å²) < 4.78 is 48.5. The lowest BCUT2D eigenvalue weighted by atomic mass is 9.79. The Morgan fingerprint density at radius 2 is 1.00 bits per heavy atom. The Morgan fingerprint density at radius 3 is 1.37 bits per heavy atom. The van der Waals surface area contributed by atoms with E-state index in [1.165, 1.54) is 0 Å². The third-order valence-electron chi connectivity index (χ3n) is 9.35. The summed E-state index contributed by atoms with van der Waals surface area (Å²) in [5, 5.41) is 1.92. The number of ether oxygens (including phenoxy) is 5. The molecule has 6 nitrogen and oxygen atoms in total. The van der Waals surface area contributed by atoms with E-state index in [2.05, 4.69) is 123 Å². The third kappa shape index (κ3) is 7.31. The van der Waals surface area contributed by atoms with E-state index in [4.69, 9.17) is 23.7 Å². The van der Waals surface area contributed by atoms with Crippen LogP contribution in [-0.2, 0) is 26.2 Å². The first-order valence-corrected chi connectivity index (χ1v) is 20.0. The molecule has 0 atom stereocenters. The quantitative estimate of drug-likeness (QED) is 0.174. The number of methoxy groups -OCH3 is 2. The standard InChI is InChI=1S/C43H54BrO6P/c1-40(2,3)29-20-27(21-30(36(29)46-13)41(4,5)6)51(45,28-22-31(42(7,8)9)37(47-14)32(23-28)43(10,11)12)34-24-33(50-26-18-16-15-17-19-26)38-39(35(34)44)49-25-48-38/h15-24H,25H2,1-14H3. The van der Waals surface area contributed by atoms with Gasteiger partial charge in [0, 0.05) is 38.2 Å². The Labute approximate surface area is 313 Å². The SMILES string of the molecule is COc1c(C(C)(C)C)cc(P(=O)(c2cc(C(C)(C)C)c(OC)c(C(C)(C)C)c2)c2cc(Oc3ccccc3)c3c(c2Br)OCO3)cc1C(C)(C)C. The summed E-state index contributed by atoms with van der Waals surface area (Å²) in [6.45, 7) is 26.0. The highest BCUT2D eigenvalue weighted by Gasteiger charge is 2.42. The average molecular weight is 778 g/mol. The van der Waals surface area contributed by atoms with Crippen molar-refractivity contribution in [2.24, 2.45) is 0 Å². The van der Waals surface area contributed by atoms with Crippen LogP contribution in [0.15, 0.2) is 65.1 Å². The molecule has 0 saturated carbocycles. The molecule has 51 heavy (non-hydrogen) atoms. The monoisotopic (exact) mass is 776 g/mol. The molecule has 0 N–H and O–H groups in total. The van der Waals surface area contributed by atoms with Crippen LogP contribution in [0.25, 0.3) is 0 Å². The lowest BCUT2D eigenvalue weighted by Gasteiger charge is -2.34. The van der Waals surface area contributed by atoms with Crippen LogP contribution in [0, 0.1) is 0 Å². The fourth-order valence-corrected chi connectivity index (χ4v) is 10.5. The Kier molecular flexibility index (Phi) is 10.3. The Bertz CT molecular complexity index is 1830. The second-order valence-corrected chi connectivity index (χ2v) is 21.0. The number of hydrogen-bond donors (Lipinski definition) is 0. The number of hydrogen-bond acceptors (Lipinski definition) is 6. The van der Waals surface area contributed by atoms with E-state index in [1.807, 2.05) is 36.4 Å². The van der Waals surface area contributed by atoms with Gasteiger partial charge in [-0.05, 0) is 80.1 Å². The summed E-state index contributed by atoms with van der Waals surface area (Å²) in [5.41, 5.74) is 2.60. The van der Waals surface area contributed by atoms with Gasteiger partial charge in [-0.2, -0.15) is 0 Å². The Balaban J connectivity index is 2.02. The molecule has 274 valence electrons. The lowest BCUT2D eigenvalue weighted by molar-refractivity contribution is 0.171. The number of rotatable bonds is 7. The highest BCUT2D eigenvalue weighted by atomic mass is 79.9. The van der Waals surface area contributed by atoms with Crippen molar-refractivity contribution >= 4 is 39.0 Å². The van der Waals surface area contributed by atoms with Crippen molar-refractivity contribution in [3.63, 3.8) is 0 Å². The van der Waals surface area contributed by atoms with Crippen molar-refractivity contribution in [3.05, 3.63) is 87.4 Å². The molecule has 0 unspecified atom stereocenters. The molecule has 0 aliphatic carbocycles. The minimum Gasteiger partial charge on any atom is -0.496 e. The first kappa shape index (κ1) is 38.8. The van der Waals surface area contributed by atoms with E-state index in [-0.39, 0.29) is 28.5 Å². The van der Waals surface area contributed by atoms with Gasteiger partial charge in [0.25, 0.3) is 0 Å². The Hall–Kier alpha value is -3.41. The molecule has 1 aliphatic rings. The van der Waals surface area contributed by atoms with Crippen molar-refractivity contribution in [1.82, 2.24) is 0 Å². The zero-order chi connectivity index (χ0) is 37.9. The zero-order valence-electron chi connectivity index (χ0n) is 32.8. The molecule has 4 aromatic rings. The van der Waals surface area contributed by atoms with Crippen LogP contribution in [0.2, 0.25) is 0 Å². The number of fused-ring (bicyclic) bond motifs is 1. The molecule has 0 spiro atoms. The van der Waals surface area contributed by atoms with Crippen molar-refractivity contribution in [1.29, 1.82) is 0 Å². The average Bonchev–Trinajstić information content (AvgIpc) is 3.54. The van der Waals surface area contributed by atoms with Crippen molar-refractivity contribution < 1.29 is 28.2 Å². The predicted molar refractivity (Wildman–Crippen MR) is 214 cm³/mol. The molecular formula is C43H54BrO6P. The van der Waals surface area contributed by atoms with E-state index in [0.29, 0.717) is 43.4 Å². The van der Waals surface area contributed by atoms with Gasteiger partial charge in [-0.3, -0.25) is 0 Å². The van der Waals surface area contributed by atoms with Crippen molar-refractivity contribution in [2.75, 3.05) is 21.0 Å². The van der Waals surface area contributed by atoms with Gasteiger partial charge in [0.15, 0.2) is 18.6 Å². The van der Waals surface area contributed by atoms with Gasteiger partial charge in [-0.1, -0.05) is 101 Å². The molecule has 8 heteroatoms. The topological polar surface area (TPSA) is 63.2 Å². The van der Waals surface area contributed by atoms with Gasteiger partial charge < -0.3 is 28.2 Å². The molecule has 0 bridgehead atoms. The molecular weight excluding hydrogens is 723 g/mol. The third-order valence-corrected chi connectivity index (χ3v) is 13.4. The minimum atomic E-state index is -3.80. The lowest BCUT2D eigenvalue weighted by Crippen LogP contribution is -2.32. The minimum absolute atomic E-state index is 0.0165. The zero-order valence-corrected chi connectivity index (χ0v) is 35.2. The second-order valence-electron chi connectivity index (χ2n) is 17.4. The molecule has 0 aromatic heterocycles. The summed E-state index contributed by atoms with van der Waals surface area (Å²) in [7, 11) is -0.363. The van der Waals surface area contributed by atoms with Crippen LogP contribution in [0.3, 0.4) is 0 Å². The summed E-state index contributed by atoms with van der Waals surface area (Å²) >= 11 is 3.89. The summed E-state index contributed by atoms with van der Waals surface area (Å²) in [6.07, 6.45) is 0. The maximum absolute atomic E-state index is 17.1. The van der Waals surface area contributed by atoms with E-state index >= 15 is 4.57 Å². The highest BCUT2D eigenvalue weighted by Crippen LogP contribution is 2.56. The molecule has 4 aromatic carbocycles. The van der Waals surface area contributed by atoms with Crippen LogP contribution in [0.1, 0.15) is 105 Å². The fourth-order valence-electron chi connectivity index (χ4n) is 6.60. The van der Waals surface area contributed by atoms with Crippen molar-refractivity contribution in [3.8, 4) is 34.5 Å². The predicted octanol–water partition coefficient (Wildman–Crippen LogP) is 10.8. The van der Waals surface area contributed by atoms with Gasteiger partial charge in [0.1, 0.15) is 17.2 Å². The highest BCUT2D eigenvalue weighted by molar-refractivity contribution is 9.10. The normalized spacial score (nSPS) is 13.7. The van der Waals surface area contributed by atoms with Gasteiger partial charge >= 0.3 is 0 Å². The van der Waals surface area contributed by atoms with E-state index in [1.54, 1.807) is 14.2 Å². The van der Waals surface area contributed by atoms with Gasteiger partial charge in [-0.15, -0.1) is 0 Å². The van der Waals surface area contributed by atoms with Crippen LogP contribution in [-0.4, -0.2) is 21.0 Å². The Morgan fingerprint density at radius 1 is 0.608 bits per heavy atom. The van der Waals surface area contributed by atoms with Gasteiger partial charge in [-0.25, -0.2) is 0 Å².